The maximum atomic E-state index is 13.2. The van der Waals surface area contributed by atoms with Gasteiger partial charge in [0.25, 0.3) is 5.91 Å². The van der Waals surface area contributed by atoms with Crippen molar-refractivity contribution in [1.29, 1.82) is 0 Å². The maximum Gasteiger partial charge on any atom is 0.335 e. The van der Waals surface area contributed by atoms with E-state index in [0.29, 0.717) is 50.7 Å². The zero-order valence-corrected chi connectivity index (χ0v) is 18.3. The third-order valence-electron chi connectivity index (χ3n) is 5.31. The zero-order valence-electron chi connectivity index (χ0n) is 18.3. The first-order valence-electron chi connectivity index (χ1n) is 10.5. The molecule has 0 aromatic heterocycles. The van der Waals surface area contributed by atoms with E-state index in [4.69, 9.17) is 4.74 Å². The fourth-order valence-corrected chi connectivity index (χ4v) is 3.54. The van der Waals surface area contributed by atoms with Crippen molar-refractivity contribution >= 4 is 29.2 Å². The SMILES string of the molecule is COCCNC(=O)CN1CCN(c2ccc(C(=O)O)cc2NC(=O)c2ccc(F)cc2)CC1. The molecule has 1 aliphatic rings. The Morgan fingerprint density at radius 3 is 2.33 bits per heavy atom. The van der Waals surface area contributed by atoms with E-state index in [1.54, 1.807) is 13.2 Å². The molecule has 1 fully saturated rings. The lowest BCUT2D eigenvalue weighted by atomic mass is 10.1. The van der Waals surface area contributed by atoms with Gasteiger partial charge >= 0.3 is 5.97 Å². The Balaban J connectivity index is 1.68. The van der Waals surface area contributed by atoms with Crippen LogP contribution in [0.4, 0.5) is 15.8 Å². The van der Waals surface area contributed by atoms with Gasteiger partial charge in [0.2, 0.25) is 5.91 Å². The van der Waals surface area contributed by atoms with Crippen molar-refractivity contribution in [3.8, 4) is 0 Å². The first kappa shape index (κ1) is 24.1. The monoisotopic (exact) mass is 458 g/mol. The summed E-state index contributed by atoms with van der Waals surface area (Å²) >= 11 is 0. The number of nitrogens with one attached hydrogen (secondary N) is 2. The molecule has 33 heavy (non-hydrogen) atoms. The van der Waals surface area contributed by atoms with Gasteiger partial charge in [0.05, 0.1) is 30.1 Å². The molecule has 1 heterocycles. The van der Waals surface area contributed by atoms with Gasteiger partial charge in [0.15, 0.2) is 0 Å². The number of anilines is 2. The molecule has 3 rings (SSSR count). The average molecular weight is 458 g/mol. The predicted octanol–water partition coefficient (Wildman–Crippen LogP) is 1.66. The highest BCUT2D eigenvalue weighted by molar-refractivity contribution is 6.06. The summed E-state index contributed by atoms with van der Waals surface area (Å²) in [5.74, 6) is -2.10. The summed E-state index contributed by atoms with van der Waals surface area (Å²) in [6.45, 7) is 3.64. The third-order valence-corrected chi connectivity index (χ3v) is 5.31. The fraction of sp³-hybridized carbons (Fsp3) is 0.348. The van der Waals surface area contributed by atoms with Crippen LogP contribution in [0.25, 0.3) is 0 Å². The molecule has 2 aromatic rings. The maximum absolute atomic E-state index is 13.2. The number of carboxylic acid groups (broad SMARTS) is 1. The Bertz CT molecular complexity index is 991. The summed E-state index contributed by atoms with van der Waals surface area (Å²) in [6, 6.07) is 9.67. The molecule has 0 spiro atoms. The van der Waals surface area contributed by atoms with Crippen molar-refractivity contribution in [1.82, 2.24) is 10.2 Å². The van der Waals surface area contributed by atoms with Crippen LogP contribution in [-0.2, 0) is 9.53 Å². The minimum Gasteiger partial charge on any atom is -0.478 e. The van der Waals surface area contributed by atoms with Crippen LogP contribution in [0, 0.1) is 5.82 Å². The summed E-state index contributed by atoms with van der Waals surface area (Å²) in [6.07, 6.45) is 0. The Labute approximate surface area is 191 Å². The summed E-state index contributed by atoms with van der Waals surface area (Å²) in [5, 5.41) is 14.9. The van der Waals surface area contributed by atoms with E-state index in [-0.39, 0.29) is 23.6 Å². The van der Waals surface area contributed by atoms with E-state index in [9.17, 15) is 23.9 Å². The lowest BCUT2D eigenvalue weighted by Gasteiger charge is -2.36. The number of methoxy groups -OCH3 is 1. The van der Waals surface area contributed by atoms with Crippen LogP contribution in [0.3, 0.4) is 0 Å². The van der Waals surface area contributed by atoms with Gasteiger partial charge in [-0.15, -0.1) is 0 Å². The molecule has 2 aromatic carbocycles. The summed E-state index contributed by atoms with van der Waals surface area (Å²) in [4.78, 5) is 40.2. The van der Waals surface area contributed by atoms with Gasteiger partial charge in [-0.3, -0.25) is 14.5 Å². The molecule has 9 nitrogen and oxygen atoms in total. The van der Waals surface area contributed by atoms with Crippen LogP contribution in [0.2, 0.25) is 0 Å². The predicted molar refractivity (Wildman–Crippen MR) is 121 cm³/mol. The number of rotatable bonds is 9. The Morgan fingerprint density at radius 2 is 1.70 bits per heavy atom. The van der Waals surface area contributed by atoms with E-state index < -0.39 is 17.7 Å². The quantitative estimate of drug-likeness (QED) is 0.490. The minimum atomic E-state index is -1.11. The molecule has 0 aliphatic carbocycles. The van der Waals surface area contributed by atoms with E-state index in [0.717, 1.165) is 0 Å². The molecule has 0 bridgehead atoms. The van der Waals surface area contributed by atoms with Crippen LogP contribution in [0.1, 0.15) is 20.7 Å². The Morgan fingerprint density at radius 1 is 1.03 bits per heavy atom. The van der Waals surface area contributed by atoms with E-state index >= 15 is 0 Å². The molecule has 0 saturated carbocycles. The first-order chi connectivity index (χ1) is 15.9. The van der Waals surface area contributed by atoms with E-state index in [2.05, 4.69) is 10.6 Å². The number of hydrogen-bond donors (Lipinski definition) is 3. The largest absolute Gasteiger partial charge is 0.478 e. The molecular formula is C23H27FN4O5. The summed E-state index contributed by atoms with van der Waals surface area (Å²) in [5.41, 5.74) is 1.33. The molecule has 3 N–H and O–H groups in total. The number of piperazine rings is 1. The molecule has 1 aliphatic heterocycles. The lowest BCUT2D eigenvalue weighted by molar-refractivity contribution is -0.122. The van der Waals surface area contributed by atoms with Crippen molar-refractivity contribution in [2.24, 2.45) is 0 Å². The highest BCUT2D eigenvalue weighted by Gasteiger charge is 2.22. The minimum absolute atomic E-state index is 0.0412. The van der Waals surface area contributed by atoms with Crippen LogP contribution < -0.4 is 15.5 Å². The normalized spacial score (nSPS) is 14.1. The number of hydrogen-bond acceptors (Lipinski definition) is 6. The number of halogens is 1. The van der Waals surface area contributed by atoms with Crippen molar-refractivity contribution in [3.05, 3.63) is 59.4 Å². The van der Waals surface area contributed by atoms with Gasteiger partial charge in [-0.25, -0.2) is 9.18 Å². The third kappa shape index (κ3) is 6.74. The van der Waals surface area contributed by atoms with Crippen molar-refractivity contribution < 1.29 is 28.6 Å². The van der Waals surface area contributed by atoms with Crippen LogP contribution in [0.15, 0.2) is 42.5 Å². The molecule has 1 saturated heterocycles. The number of aromatic carboxylic acids is 1. The fourth-order valence-electron chi connectivity index (χ4n) is 3.54. The standard InChI is InChI=1S/C23H27FN4O5/c1-33-13-8-25-21(29)15-27-9-11-28(12-10-27)20-7-4-17(23(31)32)14-19(20)26-22(30)16-2-5-18(24)6-3-16/h2-7,14H,8-13,15H2,1H3,(H,25,29)(H,26,30)(H,31,32). The van der Waals surface area contributed by atoms with Gasteiger partial charge in [-0.1, -0.05) is 0 Å². The van der Waals surface area contributed by atoms with Crippen LogP contribution in [-0.4, -0.2) is 80.8 Å². The zero-order chi connectivity index (χ0) is 23.8. The van der Waals surface area contributed by atoms with Gasteiger partial charge in [0.1, 0.15) is 5.82 Å². The molecule has 0 radical (unpaired) electrons. The smallest absolute Gasteiger partial charge is 0.335 e. The number of amides is 2. The molecule has 0 unspecified atom stereocenters. The second kappa shape index (κ2) is 11.4. The Kier molecular flexibility index (Phi) is 8.34. The van der Waals surface area contributed by atoms with Gasteiger partial charge in [0, 0.05) is 45.4 Å². The van der Waals surface area contributed by atoms with Crippen molar-refractivity contribution in [3.63, 3.8) is 0 Å². The first-order valence-corrected chi connectivity index (χ1v) is 10.5. The van der Waals surface area contributed by atoms with E-state index in [1.165, 1.54) is 36.4 Å². The molecule has 0 atom stereocenters. The topological polar surface area (TPSA) is 111 Å². The van der Waals surface area contributed by atoms with Crippen molar-refractivity contribution in [2.45, 2.75) is 0 Å². The van der Waals surface area contributed by atoms with Crippen LogP contribution >= 0.6 is 0 Å². The second-order valence-electron chi connectivity index (χ2n) is 7.60. The summed E-state index contributed by atoms with van der Waals surface area (Å²) < 4.78 is 18.1. The van der Waals surface area contributed by atoms with Crippen LogP contribution in [0.5, 0.6) is 0 Å². The van der Waals surface area contributed by atoms with Gasteiger partial charge in [-0.2, -0.15) is 0 Å². The van der Waals surface area contributed by atoms with Crippen molar-refractivity contribution in [2.75, 3.05) is 63.2 Å². The number of ether oxygens (including phenoxy) is 1. The van der Waals surface area contributed by atoms with Gasteiger partial charge < -0.3 is 25.4 Å². The molecular weight excluding hydrogens is 431 g/mol. The number of carboxylic acids is 1. The van der Waals surface area contributed by atoms with Gasteiger partial charge in [-0.05, 0) is 42.5 Å². The molecule has 176 valence electrons. The lowest BCUT2D eigenvalue weighted by Crippen LogP contribution is -2.50. The number of carbonyl (C=O) groups excluding carboxylic acids is 2. The Hall–Kier alpha value is -3.50. The second-order valence-corrected chi connectivity index (χ2v) is 7.60. The highest BCUT2D eigenvalue weighted by Crippen LogP contribution is 2.29. The molecule has 2 amide bonds. The number of carbonyl (C=O) groups is 3. The highest BCUT2D eigenvalue weighted by atomic mass is 19.1. The number of benzene rings is 2. The summed E-state index contributed by atoms with van der Waals surface area (Å²) in [7, 11) is 1.57. The number of nitrogens with zero attached hydrogens (tertiary/aromatic N) is 2. The van der Waals surface area contributed by atoms with E-state index in [1.807, 2.05) is 9.80 Å². The average Bonchev–Trinajstić information content (AvgIpc) is 2.80. The molecule has 10 heteroatoms.